The fourth-order valence-electron chi connectivity index (χ4n) is 1.91. The molecular formula is C13H12N4O4. The van der Waals surface area contributed by atoms with E-state index in [2.05, 4.69) is 15.5 Å². The molecule has 1 aromatic carbocycles. The second kappa shape index (κ2) is 5.71. The number of esters is 1. The number of aromatic nitrogens is 4. The van der Waals surface area contributed by atoms with Gasteiger partial charge in [0, 0.05) is 5.39 Å². The SMILES string of the molecule is O=C(Cn1nnnc1-c1cc2ccccc2o1)OCCO. The summed E-state index contributed by atoms with van der Waals surface area (Å²) in [6.07, 6.45) is 0. The monoisotopic (exact) mass is 288 g/mol. The molecule has 21 heavy (non-hydrogen) atoms. The zero-order valence-corrected chi connectivity index (χ0v) is 11.0. The van der Waals surface area contributed by atoms with Gasteiger partial charge in [-0.25, -0.2) is 4.68 Å². The Morgan fingerprint density at radius 2 is 2.24 bits per heavy atom. The summed E-state index contributed by atoms with van der Waals surface area (Å²) in [5, 5.41) is 20.7. The van der Waals surface area contributed by atoms with Crippen molar-refractivity contribution in [2.24, 2.45) is 0 Å². The minimum Gasteiger partial charge on any atom is -0.462 e. The molecule has 0 fully saturated rings. The first-order valence-electron chi connectivity index (χ1n) is 6.29. The van der Waals surface area contributed by atoms with Crippen LogP contribution in [0.3, 0.4) is 0 Å². The number of para-hydroxylation sites is 1. The summed E-state index contributed by atoms with van der Waals surface area (Å²) in [7, 11) is 0. The average Bonchev–Trinajstić information content (AvgIpc) is 3.10. The van der Waals surface area contributed by atoms with E-state index >= 15 is 0 Å². The Morgan fingerprint density at radius 1 is 1.38 bits per heavy atom. The molecule has 0 amide bonds. The van der Waals surface area contributed by atoms with E-state index in [4.69, 9.17) is 14.3 Å². The van der Waals surface area contributed by atoms with Gasteiger partial charge in [0.1, 0.15) is 18.7 Å². The molecule has 0 radical (unpaired) electrons. The fourth-order valence-corrected chi connectivity index (χ4v) is 1.91. The lowest BCUT2D eigenvalue weighted by Crippen LogP contribution is -2.17. The Morgan fingerprint density at radius 3 is 3.05 bits per heavy atom. The van der Waals surface area contributed by atoms with Crippen molar-refractivity contribution < 1.29 is 19.1 Å². The number of carbonyl (C=O) groups excluding carboxylic acids is 1. The van der Waals surface area contributed by atoms with Crippen molar-refractivity contribution in [3.05, 3.63) is 30.3 Å². The van der Waals surface area contributed by atoms with Gasteiger partial charge in [0.05, 0.1) is 6.61 Å². The Balaban J connectivity index is 1.86. The summed E-state index contributed by atoms with van der Waals surface area (Å²) < 4.78 is 11.7. The highest BCUT2D eigenvalue weighted by Crippen LogP contribution is 2.25. The molecule has 8 nitrogen and oxygen atoms in total. The van der Waals surface area contributed by atoms with Crippen LogP contribution in [-0.4, -0.2) is 44.5 Å². The van der Waals surface area contributed by atoms with Gasteiger partial charge >= 0.3 is 5.97 Å². The molecule has 0 saturated heterocycles. The van der Waals surface area contributed by atoms with Gasteiger partial charge in [-0.05, 0) is 22.6 Å². The van der Waals surface area contributed by atoms with Crippen LogP contribution >= 0.6 is 0 Å². The molecule has 0 atom stereocenters. The van der Waals surface area contributed by atoms with Gasteiger partial charge < -0.3 is 14.3 Å². The molecule has 0 bridgehead atoms. The van der Waals surface area contributed by atoms with Gasteiger partial charge in [-0.15, -0.1) is 5.10 Å². The number of aliphatic hydroxyl groups excluding tert-OH is 1. The predicted octanol–water partition coefficient (Wildman–Crippen LogP) is 0.622. The normalized spacial score (nSPS) is 10.9. The largest absolute Gasteiger partial charge is 0.462 e. The summed E-state index contributed by atoms with van der Waals surface area (Å²) in [4.78, 5) is 11.5. The summed E-state index contributed by atoms with van der Waals surface area (Å²) in [6.45, 7) is -0.432. The molecule has 2 heterocycles. The summed E-state index contributed by atoms with van der Waals surface area (Å²) >= 11 is 0. The maximum absolute atomic E-state index is 11.5. The second-order valence-electron chi connectivity index (χ2n) is 4.25. The number of hydrogen-bond acceptors (Lipinski definition) is 7. The average molecular weight is 288 g/mol. The quantitative estimate of drug-likeness (QED) is 0.686. The lowest BCUT2D eigenvalue weighted by molar-refractivity contribution is -0.145. The van der Waals surface area contributed by atoms with Gasteiger partial charge in [0.2, 0.25) is 5.82 Å². The minimum atomic E-state index is -0.534. The molecule has 0 unspecified atom stereocenters. The summed E-state index contributed by atoms with van der Waals surface area (Å²) in [5.41, 5.74) is 0.713. The van der Waals surface area contributed by atoms with Crippen LogP contribution in [0.25, 0.3) is 22.6 Å². The number of ether oxygens (including phenoxy) is 1. The van der Waals surface area contributed by atoms with Crippen LogP contribution in [0.1, 0.15) is 0 Å². The van der Waals surface area contributed by atoms with Crippen LogP contribution in [0.4, 0.5) is 0 Å². The number of nitrogens with zero attached hydrogens (tertiary/aromatic N) is 4. The molecule has 0 spiro atoms. The molecule has 0 saturated carbocycles. The molecular weight excluding hydrogens is 276 g/mol. The molecule has 1 N–H and O–H groups in total. The van der Waals surface area contributed by atoms with Crippen LogP contribution in [0.5, 0.6) is 0 Å². The van der Waals surface area contributed by atoms with Crippen molar-refractivity contribution in [3.8, 4) is 11.6 Å². The third-order valence-electron chi connectivity index (χ3n) is 2.81. The van der Waals surface area contributed by atoms with E-state index in [-0.39, 0.29) is 19.8 Å². The van der Waals surface area contributed by atoms with Crippen LogP contribution < -0.4 is 0 Å². The number of benzene rings is 1. The van der Waals surface area contributed by atoms with E-state index in [1.807, 2.05) is 24.3 Å². The highest BCUT2D eigenvalue weighted by Gasteiger charge is 2.16. The van der Waals surface area contributed by atoms with Gasteiger partial charge in [-0.1, -0.05) is 18.2 Å². The molecule has 0 aliphatic rings. The number of aliphatic hydroxyl groups is 1. The molecule has 108 valence electrons. The van der Waals surface area contributed by atoms with Crippen molar-refractivity contribution >= 4 is 16.9 Å². The topological polar surface area (TPSA) is 103 Å². The lowest BCUT2D eigenvalue weighted by Gasteiger charge is -2.03. The Hall–Kier alpha value is -2.74. The highest BCUT2D eigenvalue weighted by molar-refractivity contribution is 5.81. The van der Waals surface area contributed by atoms with Crippen LogP contribution in [0, 0.1) is 0 Å². The molecule has 0 aliphatic heterocycles. The van der Waals surface area contributed by atoms with E-state index in [9.17, 15) is 4.79 Å². The van der Waals surface area contributed by atoms with E-state index in [1.54, 1.807) is 6.07 Å². The summed E-state index contributed by atoms with van der Waals surface area (Å²) in [6, 6.07) is 9.31. The van der Waals surface area contributed by atoms with Gasteiger partial charge in [-0.2, -0.15) is 0 Å². The van der Waals surface area contributed by atoms with Crippen molar-refractivity contribution in [1.82, 2.24) is 20.2 Å². The van der Waals surface area contributed by atoms with E-state index in [1.165, 1.54) is 4.68 Å². The zero-order chi connectivity index (χ0) is 14.7. The van der Waals surface area contributed by atoms with E-state index < -0.39 is 5.97 Å². The third kappa shape index (κ3) is 2.75. The molecule has 8 heteroatoms. The van der Waals surface area contributed by atoms with Gasteiger partial charge in [0.15, 0.2) is 5.76 Å². The van der Waals surface area contributed by atoms with E-state index in [0.717, 1.165) is 5.39 Å². The van der Waals surface area contributed by atoms with Gasteiger partial charge in [-0.3, -0.25) is 4.79 Å². The first-order chi connectivity index (χ1) is 10.3. The lowest BCUT2D eigenvalue weighted by atomic mass is 10.2. The predicted molar refractivity (Wildman–Crippen MR) is 71.1 cm³/mol. The van der Waals surface area contributed by atoms with Crippen LogP contribution in [0.2, 0.25) is 0 Å². The standard InChI is InChI=1S/C13H12N4O4/c18-5-6-20-12(19)8-17-13(14-15-16-17)11-7-9-3-1-2-4-10(9)21-11/h1-4,7,18H,5-6,8H2. The maximum atomic E-state index is 11.5. The Kier molecular flexibility index (Phi) is 3.61. The first-order valence-corrected chi connectivity index (χ1v) is 6.29. The fraction of sp³-hybridized carbons (Fsp3) is 0.231. The van der Waals surface area contributed by atoms with Crippen molar-refractivity contribution in [3.63, 3.8) is 0 Å². The van der Waals surface area contributed by atoms with Gasteiger partial charge in [0.25, 0.3) is 0 Å². The number of carbonyl (C=O) groups is 1. The smallest absolute Gasteiger partial charge is 0.328 e. The number of tetrazole rings is 1. The second-order valence-corrected chi connectivity index (χ2v) is 4.25. The van der Waals surface area contributed by atoms with Crippen molar-refractivity contribution in [1.29, 1.82) is 0 Å². The number of fused-ring (bicyclic) bond motifs is 1. The number of furan rings is 1. The number of hydrogen-bond donors (Lipinski definition) is 1. The van der Waals surface area contributed by atoms with Crippen LogP contribution in [-0.2, 0) is 16.1 Å². The third-order valence-corrected chi connectivity index (χ3v) is 2.81. The maximum Gasteiger partial charge on any atom is 0.328 e. The summed E-state index contributed by atoms with van der Waals surface area (Å²) in [5.74, 6) is 0.275. The molecule has 0 aliphatic carbocycles. The Bertz CT molecular complexity index is 731. The van der Waals surface area contributed by atoms with Crippen molar-refractivity contribution in [2.45, 2.75) is 6.54 Å². The first kappa shape index (κ1) is 13.3. The van der Waals surface area contributed by atoms with Crippen LogP contribution in [0.15, 0.2) is 34.7 Å². The molecule has 3 aromatic rings. The Labute approximate surface area is 118 Å². The molecule has 3 rings (SSSR count). The molecule has 2 aromatic heterocycles. The van der Waals surface area contributed by atoms with E-state index in [0.29, 0.717) is 17.2 Å². The minimum absolute atomic E-state index is 0.0546. The zero-order valence-electron chi connectivity index (χ0n) is 11.0. The highest BCUT2D eigenvalue weighted by atomic mass is 16.5. The number of rotatable bonds is 5. The van der Waals surface area contributed by atoms with Crippen molar-refractivity contribution in [2.75, 3.05) is 13.2 Å².